The third-order valence-electron chi connectivity index (χ3n) is 3.23. The van der Waals surface area contributed by atoms with Gasteiger partial charge in [0.15, 0.2) is 0 Å². The minimum atomic E-state index is -0.891. The van der Waals surface area contributed by atoms with Crippen LogP contribution in [0.1, 0.15) is 37.9 Å². The lowest BCUT2D eigenvalue weighted by atomic mass is 9.86. The Kier molecular flexibility index (Phi) is 3.21. The highest BCUT2D eigenvalue weighted by Gasteiger charge is 2.43. The molecule has 0 unspecified atom stereocenters. The lowest BCUT2D eigenvalue weighted by Crippen LogP contribution is -2.53. The number of amides is 1. The predicted octanol–water partition coefficient (Wildman–Crippen LogP) is 1.27. The maximum Gasteiger partial charge on any atom is 0.217 e. The average molecular weight is 260 g/mol. The fourth-order valence-electron chi connectivity index (χ4n) is 2.24. The third-order valence-corrected chi connectivity index (χ3v) is 3.23. The zero-order chi connectivity index (χ0) is 14.2. The van der Waals surface area contributed by atoms with Crippen molar-refractivity contribution in [3.8, 4) is 11.8 Å². The molecule has 100 valence electrons. The van der Waals surface area contributed by atoms with E-state index in [9.17, 15) is 9.90 Å². The number of aliphatic hydroxyl groups excluding tert-OH is 1. The Labute approximate surface area is 111 Å². The second-order valence-electron chi connectivity index (χ2n) is 5.19. The first-order valence-corrected chi connectivity index (χ1v) is 6.03. The van der Waals surface area contributed by atoms with Gasteiger partial charge in [0.2, 0.25) is 5.91 Å². The first-order chi connectivity index (χ1) is 8.85. The van der Waals surface area contributed by atoms with Crippen LogP contribution in [0, 0.1) is 11.3 Å². The van der Waals surface area contributed by atoms with Crippen molar-refractivity contribution in [3.05, 3.63) is 29.3 Å². The molecule has 0 fully saturated rings. The van der Waals surface area contributed by atoms with Crippen molar-refractivity contribution in [3.63, 3.8) is 0 Å². The number of hydrogen-bond donors (Lipinski definition) is 2. The minimum absolute atomic E-state index is 0.241. The van der Waals surface area contributed by atoms with Crippen LogP contribution in [0.3, 0.4) is 0 Å². The van der Waals surface area contributed by atoms with Gasteiger partial charge in [-0.3, -0.25) is 4.79 Å². The number of ether oxygens (including phenoxy) is 1. The van der Waals surface area contributed by atoms with Crippen molar-refractivity contribution >= 4 is 5.91 Å². The molecule has 2 N–H and O–H groups in total. The molecule has 0 spiro atoms. The third kappa shape index (κ3) is 2.40. The summed E-state index contributed by atoms with van der Waals surface area (Å²) in [6, 6.07) is 6.43. The zero-order valence-corrected chi connectivity index (χ0v) is 11.1. The Morgan fingerprint density at radius 1 is 1.53 bits per heavy atom. The van der Waals surface area contributed by atoms with Crippen LogP contribution in [0.15, 0.2) is 18.2 Å². The Morgan fingerprint density at radius 3 is 2.79 bits per heavy atom. The maximum absolute atomic E-state index is 11.3. The number of aliphatic hydroxyl groups is 1. The quantitative estimate of drug-likeness (QED) is 0.796. The summed E-state index contributed by atoms with van der Waals surface area (Å²) >= 11 is 0. The number of benzene rings is 1. The van der Waals surface area contributed by atoms with Crippen LogP contribution < -0.4 is 10.1 Å². The van der Waals surface area contributed by atoms with E-state index in [0.29, 0.717) is 16.9 Å². The number of nitrogens with zero attached hydrogens (tertiary/aromatic N) is 1. The number of nitrogens with one attached hydrogen (secondary N) is 1. The minimum Gasteiger partial charge on any atom is -0.485 e. The molecular weight excluding hydrogens is 244 g/mol. The van der Waals surface area contributed by atoms with E-state index in [-0.39, 0.29) is 5.91 Å². The molecule has 0 aromatic heterocycles. The van der Waals surface area contributed by atoms with Crippen LogP contribution in [0.25, 0.3) is 0 Å². The van der Waals surface area contributed by atoms with Crippen LogP contribution in [0.4, 0.5) is 0 Å². The van der Waals surface area contributed by atoms with Gasteiger partial charge in [-0.2, -0.15) is 5.26 Å². The first-order valence-electron chi connectivity index (χ1n) is 6.03. The molecule has 5 heteroatoms. The molecule has 0 bridgehead atoms. The second-order valence-corrected chi connectivity index (χ2v) is 5.19. The van der Waals surface area contributed by atoms with Crippen molar-refractivity contribution in [2.24, 2.45) is 0 Å². The van der Waals surface area contributed by atoms with E-state index in [0.717, 1.165) is 0 Å². The van der Waals surface area contributed by atoms with Crippen molar-refractivity contribution in [1.29, 1.82) is 5.26 Å². The Bertz CT molecular complexity index is 560. The average Bonchev–Trinajstić information content (AvgIpc) is 2.34. The summed E-state index contributed by atoms with van der Waals surface area (Å²) in [5.41, 5.74) is 0.277. The summed E-state index contributed by atoms with van der Waals surface area (Å²) in [6.07, 6.45) is -0.891. The Morgan fingerprint density at radius 2 is 2.21 bits per heavy atom. The summed E-state index contributed by atoms with van der Waals surface area (Å²) in [6.45, 7) is 4.91. The van der Waals surface area contributed by atoms with E-state index in [1.165, 1.54) is 6.92 Å². The molecule has 5 nitrogen and oxygen atoms in total. The van der Waals surface area contributed by atoms with Gasteiger partial charge in [0.05, 0.1) is 17.7 Å². The molecular formula is C14H16N2O3. The van der Waals surface area contributed by atoms with Gasteiger partial charge in [-0.1, -0.05) is 0 Å². The largest absolute Gasteiger partial charge is 0.485 e. The van der Waals surface area contributed by atoms with Crippen molar-refractivity contribution in [2.45, 2.75) is 38.5 Å². The molecule has 0 saturated carbocycles. The SMILES string of the molecule is CC(=O)N[C@H]1c2cc(C#N)ccc2OC(C)(C)[C@@H]1O. The van der Waals surface area contributed by atoms with Crippen molar-refractivity contribution < 1.29 is 14.6 Å². The van der Waals surface area contributed by atoms with Gasteiger partial charge < -0.3 is 15.2 Å². The molecule has 1 aliphatic rings. The van der Waals surface area contributed by atoms with Gasteiger partial charge in [0, 0.05) is 12.5 Å². The first kappa shape index (κ1) is 13.4. The van der Waals surface area contributed by atoms with Gasteiger partial charge in [0.1, 0.15) is 17.5 Å². The zero-order valence-electron chi connectivity index (χ0n) is 11.1. The summed E-state index contributed by atoms with van der Waals surface area (Å²) in [5.74, 6) is 0.336. The lowest BCUT2D eigenvalue weighted by Gasteiger charge is -2.42. The second kappa shape index (κ2) is 4.56. The fourth-order valence-corrected chi connectivity index (χ4v) is 2.24. The van der Waals surface area contributed by atoms with Gasteiger partial charge in [-0.25, -0.2) is 0 Å². The highest BCUT2D eigenvalue weighted by molar-refractivity contribution is 5.74. The van der Waals surface area contributed by atoms with Gasteiger partial charge in [0.25, 0.3) is 0 Å². The van der Waals surface area contributed by atoms with E-state index in [1.54, 1.807) is 32.0 Å². The van der Waals surface area contributed by atoms with E-state index in [4.69, 9.17) is 10.00 Å². The normalized spacial score (nSPS) is 23.7. The monoisotopic (exact) mass is 260 g/mol. The number of carbonyl (C=O) groups excluding carboxylic acids is 1. The van der Waals surface area contributed by atoms with E-state index >= 15 is 0 Å². The molecule has 2 rings (SSSR count). The molecule has 1 amide bonds. The number of hydrogen-bond acceptors (Lipinski definition) is 4. The molecule has 0 aliphatic carbocycles. The smallest absolute Gasteiger partial charge is 0.217 e. The number of nitriles is 1. The molecule has 2 atom stereocenters. The van der Waals surface area contributed by atoms with E-state index in [2.05, 4.69) is 5.32 Å². The van der Waals surface area contributed by atoms with Gasteiger partial charge in [-0.15, -0.1) is 0 Å². The van der Waals surface area contributed by atoms with Crippen LogP contribution in [0.5, 0.6) is 5.75 Å². The van der Waals surface area contributed by atoms with Crippen LogP contribution >= 0.6 is 0 Å². The molecule has 0 radical (unpaired) electrons. The van der Waals surface area contributed by atoms with Crippen LogP contribution in [-0.2, 0) is 4.79 Å². The molecule has 0 saturated heterocycles. The topological polar surface area (TPSA) is 82.4 Å². The van der Waals surface area contributed by atoms with E-state index < -0.39 is 17.7 Å². The predicted molar refractivity (Wildman–Crippen MR) is 68.4 cm³/mol. The Balaban J connectivity index is 2.52. The number of rotatable bonds is 1. The highest BCUT2D eigenvalue weighted by Crippen LogP contribution is 2.40. The summed E-state index contributed by atoms with van der Waals surface area (Å²) < 4.78 is 5.73. The Hall–Kier alpha value is -2.06. The standard InChI is InChI=1S/C14H16N2O3/c1-8(17)16-12-10-6-9(7-15)4-5-11(10)19-14(2,3)13(12)18/h4-6,12-13,18H,1-3H3,(H,16,17)/t12-,13+/m0/s1. The van der Waals surface area contributed by atoms with Gasteiger partial charge in [-0.05, 0) is 32.0 Å². The summed E-state index contributed by atoms with van der Waals surface area (Å²) in [4.78, 5) is 11.3. The van der Waals surface area contributed by atoms with E-state index in [1.807, 2.05) is 6.07 Å². The maximum atomic E-state index is 11.3. The van der Waals surface area contributed by atoms with Crippen molar-refractivity contribution in [1.82, 2.24) is 5.32 Å². The lowest BCUT2D eigenvalue weighted by molar-refractivity contribution is -0.123. The van der Waals surface area contributed by atoms with Gasteiger partial charge >= 0.3 is 0 Å². The van der Waals surface area contributed by atoms with Crippen molar-refractivity contribution in [2.75, 3.05) is 0 Å². The number of fused-ring (bicyclic) bond motifs is 1. The highest BCUT2D eigenvalue weighted by atomic mass is 16.5. The molecule has 1 aromatic rings. The molecule has 1 aromatic carbocycles. The number of carbonyl (C=O) groups is 1. The summed E-state index contributed by atoms with van der Waals surface area (Å²) in [5, 5.41) is 22.0. The molecule has 19 heavy (non-hydrogen) atoms. The fraction of sp³-hybridized carbons (Fsp3) is 0.429. The molecule has 1 heterocycles. The summed E-state index contributed by atoms with van der Waals surface area (Å²) in [7, 11) is 0. The van der Waals surface area contributed by atoms with Crippen LogP contribution in [-0.4, -0.2) is 22.7 Å². The molecule has 1 aliphatic heterocycles. The van der Waals surface area contributed by atoms with Crippen LogP contribution in [0.2, 0.25) is 0 Å².